The third kappa shape index (κ3) is 4.27. The molecule has 1 N–H and O–H groups in total. The van der Waals surface area contributed by atoms with Gasteiger partial charge in [0.2, 0.25) is 0 Å². The number of anilines is 2. The summed E-state index contributed by atoms with van der Waals surface area (Å²) < 4.78 is 25.6. The Morgan fingerprint density at radius 1 is 1.13 bits per heavy atom. The zero-order chi connectivity index (χ0) is 21.5. The second-order valence-corrected chi connectivity index (χ2v) is 10.6. The number of urea groups is 1. The van der Waals surface area contributed by atoms with E-state index in [4.69, 9.17) is 11.6 Å². The molecule has 1 atom stereocenters. The van der Waals surface area contributed by atoms with Crippen LogP contribution >= 0.6 is 11.6 Å². The van der Waals surface area contributed by atoms with E-state index in [1.165, 1.54) is 0 Å². The van der Waals surface area contributed by atoms with Gasteiger partial charge in [0.25, 0.3) is 0 Å². The normalized spacial score (nSPS) is 21.1. The van der Waals surface area contributed by atoms with Crippen LogP contribution in [0.5, 0.6) is 0 Å². The van der Waals surface area contributed by atoms with E-state index in [0.717, 1.165) is 17.1 Å². The second-order valence-electron chi connectivity index (χ2n) is 7.93. The van der Waals surface area contributed by atoms with Crippen molar-refractivity contribution in [2.24, 2.45) is 0 Å². The Bertz CT molecular complexity index is 1040. The van der Waals surface area contributed by atoms with Crippen LogP contribution in [-0.2, 0) is 9.84 Å². The molecule has 162 valence electrons. The minimum atomic E-state index is -2.97. The van der Waals surface area contributed by atoms with Gasteiger partial charge in [-0.25, -0.2) is 13.2 Å². The standard InChI is InChI=1S/C20H26ClN5O3S/c1-14-19(15(2)26(23-14)18-7-12-30(28,29)13-18)24-8-10-25(11-9-24)20(27)22-17-5-3-16(21)4-6-17/h3-6,18H,7-13H2,1-2H3,(H,22,27). The molecule has 2 aliphatic rings. The summed E-state index contributed by atoms with van der Waals surface area (Å²) in [7, 11) is -2.97. The molecule has 2 fully saturated rings. The topological polar surface area (TPSA) is 87.5 Å². The highest BCUT2D eigenvalue weighted by Gasteiger charge is 2.33. The fourth-order valence-electron chi connectivity index (χ4n) is 4.30. The van der Waals surface area contributed by atoms with E-state index in [2.05, 4.69) is 15.3 Å². The van der Waals surface area contributed by atoms with Crippen LogP contribution in [0.1, 0.15) is 23.9 Å². The summed E-state index contributed by atoms with van der Waals surface area (Å²) in [5.74, 6) is 0.389. The quantitative estimate of drug-likeness (QED) is 0.775. The van der Waals surface area contributed by atoms with Gasteiger partial charge in [0, 0.05) is 36.9 Å². The molecule has 4 rings (SSSR count). The van der Waals surface area contributed by atoms with Crippen LogP contribution < -0.4 is 10.2 Å². The smallest absolute Gasteiger partial charge is 0.321 e. The van der Waals surface area contributed by atoms with Gasteiger partial charge >= 0.3 is 6.03 Å². The van der Waals surface area contributed by atoms with E-state index in [0.29, 0.717) is 43.3 Å². The summed E-state index contributed by atoms with van der Waals surface area (Å²) in [6, 6.07) is 6.83. The first-order valence-corrected chi connectivity index (χ1v) is 12.3. The summed E-state index contributed by atoms with van der Waals surface area (Å²) >= 11 is 5.89. The summed E-state index contributed by atoms with van der Waals surface area (Å²) in [6.07, 6.45) is 0.613. The number of benzene rings is 1. The van der Waals surface area contributed by atoms with Crippen LogP contribution in [-0.4, -0.2) is 66.8 Å². The first-order chi connectivity index (χ1) is 14.2. The zero-order valence-electron chi connectivity index (χ0n) is 17.1. The number of aromatic nitrogens is 2. The van der Waals surface area contributed by atoms with Gasteiger partial charge in [-0.15, -0.1) is 0 Å². The van der Waals surface area contributed by atoms with E-state index in [1.807, 2.05) is 18.5 Å². The van der Waals surface area contributed by atoms with Gasteiger partial charge in [-0.1, -0.05) is 11.6 Å². The van der Waals surface area contributed by atoms with Crippen molar-refractivity contribution in [1.29, 1.82) is 0 Å². The minimum Gasteiger partial charge on any atom is -0.365 e. The van der Waals surface area contributed by atoms with Crippen molar-refractivity contribution in [2.45, 2.75) is 26.3 Å². The van der Waals surface area contributed by atoms with E-state index >= 15 is 0 Å². The molecule has 1 unspecified atom stereocenters. The molecule has 0 radical (unpaired) electrons. The Morgan fingerprint density at radius 3 is 2.40 bits per heavy atom. The molecular weight excluding hydrogens is 426 g/mol. The maximum atomic E-state index is 12.6. The summed E-state index contributed by atoms with van der Waals surface area (Å²) in [5, 5.41) is 8.19. The highest BCUT2D eigenvalue weighted by Crippen LogP contribution is 2.31. The van der Waals surface area contributed by atoms with Gasteiger partial charge in [0.05, 0.1) is 34.6 Å². The number of nitrogens with one attached hydrogen (secondary N) is 1. The third-order valence-corrected chi connectivity index (χ3v) is 7.82. The molecule has 2 amide bonds. The Morgan fingerprint density at radius 2 is 1.80 bits per heavy atom. The molecule has 3 heterocycles. The van der Waals surface area contributed by atoms with Crippen molar-refractivity contribution in [3.05, 3.63) is 40.7 Å². The highest BCUT2D eigenvalue weighted by molar-refractivity contribution is 7.91. The van der Waals surface area contributed by atoms with Gasteiger partial charge in [0.15, 0.2) is 9.84 Å². The Hall–Kier alpha value is -2.26. The number of hydrogen-bond donors (Lipinski definition) is 1. The predicted octanol–water partition coefficient (Wildman–Crippen LogP) is 2.87. The monoisotopic (exact) mass is 451 g/mol. The van der Waals surface area contributed by atoms with Crippen molar-refractivity contribution in [3.63, 3.8) is 0 Å². The van der Waals surface area contributed by atoms with Crippen molar-refractivity contribution >= 4 is 38.8 Å². The highest BCUT2D eigenvalue weighted by atomic mass is 35.5. The van der Waals surface area contributed by atoms with Crippen LogP contribution in [0, 0.1) is 13.8 Å². The number of aryl methyl sites for hydroxylation is 1. The number of piperazine rings is 1. The van der Waals surface area contributed by atoms with E-state index in [9.17, 15) is 13.2 Å². The van der Waals surface area contributed by atoms with Crippen molar-refractivity contribution in [3.8, 4) is 0 Å². The molecule has 2 aromatic rings. The minimum absolute atomic E-state index is 0.0890. The number of hydrogen-bond acceptors (Lipinski definition) is 5. The molecule has 1 aromatic carbocycles. The molecule has 30 heavy (non-hydrogen) atoms. The molecule has 10 heteroatoms. The molecule has 0 bridgehead atoms. The summed E-state index contributed by atoms with van der Waals surface area (Å²) in [4.78, 5) is 16.6. The molecule has 2 saturated heterocycles. The van der Waals surface area contributed by atoms with Gasteiger partial charge < -0.3 is 15.1 Å². The van der Waals surface area contributed by atoms with Crippen LogP contribution in [0.15, 0.2) is 24.3 Å². The Balaban J connectivity index is 1.40. The van der Waals surface area contributed by atoms with Crippen molar-refractivity contribution in [2.75, 3.05) is 47.9 Å². The summed E-state index contributed by atoms with van der Waals surface area (Å²) in [5.41, 5.74) is 3.66. The lowest BCUT2D eigenvalue weighted by molar-refractivity contribution is 0.208. The Labute approximate surface area is 181 Å². The molecule has 2 aliphatic heterocycles. The molecular formula is C20H26ClN5O3S. The van der Waals surface area contributed by atoms with E-state index in [1.54, 1.807) is 29.2 Å². The molecule has 0 aliphatic carbocycles. The Kier molecular flexibility index (Phi) is 5.67. The number of amides is 2. The SMILES string of the molecule is Cc1nn(C2CCS(=O)(=O)C2)c(C)c1N1CCN(C(=O)Nc2ccc(Cl)cc2)CC1. The lowest BCUT2D eigenvalue weighted by Crippen LogP contribution is -2.50. The number of sulfone groups is 1. The number of carbonyl (C=O) groups excluding carboxylic acids is 1. The maximum absolute atomic E-state index is 12.6. The number of nitrogens with zero attached hydrogens (tertiary/aromatic N) is 4. The fourth-order valence-corrected chi connectivity index (χ4v) is 6.12. The van der Waals surface area contributed by atoms with Gasteiger partial charge in [-0.2, -0.15) is 5.10 Å². The number of rotatable bonds is 3. The molecule has 0 spiro atoms. The summed E-state index contributed by atoms with van der Waals surface area (Å²) in [6.45, 7) is 6.55. The largest absolute Gasteiger partial charge is 0.365 e. The predicted molar refractivity (Wildman–Crippen MR) is 118 cm³/mol. The van der Waals surface area contributed by atoms with Crippen molar-refractivity contribution < 1.29 is 13.2 Å². The average molecular weight is 452 g/mol. The van der Waals surface area contributed by atoms with E-state index < -0.39 is 9.84 Å². The van der Waals surface area contributed by atoms with Gasteiger partial charge in [-0.05, 0) is 44.5 Å². The number of halogens is 1. The first-order valence-electron chi connectivity index (χ1n) is 10.1. The first kappa shape index (κ1) is 21.0. The zero-order valence-corrected chi connectivity index (χ0v) is 18.7. The lowest BCUT2D eigenvalue weighted by Gasteiger charge is -2.36. The number of carbonyl (C=O) groups is 1. The van der Waals surface area contributed by atoms with E-state index in [-0.39, 0.29) is 23.6 Å². The lowest BCUT2D eigenvalue weighted by atomic mass is 10.2. The molecule has 8 nitrogen and oxygen atoms in total. The van der Waals surface area contributed by atoms with Crippen LogP contribution in [0.25, 0.3) is 0 Å². The van der Waals surface area contributed by atoms with Crippen LogP contribution in [0.4, 0.5) is 16.2 Å². The fraction of sp³-hybridized carbons (Fsp3) is 0.500. The molecule has 0 saturated carbocycles. The van der Waals surface area contributed by atoms with Gasteiger partial charge in [-0.3, -0.25) is 4.68 Å². The van der Waals surface area contributed by atoms with Crippen molar-refractivity contribution in [1.82, 2.24) is 14.7 Å². The van der Waals surface area contributed by atoms with Crippen LogP contribution in [0.2, 0.25) is 5.02 Å². The van der Waals surface area contributed by atoms with Crippen LogP contribution in [0.3, 0.4) is 0 Å². The maximum Gasteiger partial charge on any atom is 0.321 e. The molecule has 1 aromatic heterocycles. The third-order valence-electron chi connectivity index (χ3n) is 5.82. The second kappa shape index (κ2) is 8.11. The average Bonchev–Trinajstić information content (AvgIpc) is 3.22. The van der Waals surface area contributed by atoms with Gasteiger partial charge in [0.1, 0.15) is 0 Å².